The largest absolute Gasteiger partial charge is 0.302 e. The fourth-order valence-corrected chi connectivity index (χ4v) is 3.47. The third-order valence-electron chi connectivity index (χ3n) is 4.26. The van der Waals surface area contributed by atoms with Crippen LogP contribution in [0, 0.1) is 22.7 Å². The first-order chi connectivity index (χ1) is 8.65. The van der Waals surface area contributed by atoms with Crippen molar-refractivity contribution in [3.05, 3.63) is 0 Å². The van der Waals surface area contributed by atoms with Gasteiger partial charge in [-0.2, -0.15) is 17.9 Å². The lowest BCUT2D eigenvalue weighted by Gasteiger charge is -2.37. The van der Waals surface area contributed by atoms with E-state index in [-0.39, 0.29) is 5.92 Å². The summed E-state index contributed by atoms with van der Waals surface area (Å²) < 4.78 is 0. The lowest BCUT2D eigenvalue weighted by Crippen LogP contribution is -2.40. The maximum atomic E-state index is 8.96. The molecule has 0 spiro atoms. The third-order valence-corrected chi connectivity index (χ3v) is 4.93. The summed E-state index contributed by atoms with van der Waals surface area (Å²) in [6.45, 7) is 7.29. The van der Waals surface area contributed by atoms with E-state index in [1.54, 1.807) is 0 Å². The molecule has 0 N–H and O–H groups in total. The first-order valence-corrected chi connectivity index (χ1v) is 8.02. The molecule has 0 heterocycles. The molecular formula is C15H28N2S. The van der Waals surface area contributed by atoms with E-state index < -0.39 is 0 Å². The van der Waals surface area contributed by atoms with Gasteiger partial charge in [-0.05, 0) is 37.5 Å². The van der Waals surface area contributed by atoms with Crippen molar-refractivity contribution in [1.82, 2.24) is 4.90 Å². The van der Waals surface area contributed by atoms with Crippen LogP contribution in [-0.2, 0) is 0 Å². The maximum absolute atomic E-state index is 8.96. The van der Waals surface area contributed by atoms with Gasteiger partial charge in [0.15, 0.2) is 0 Å². The van der Waals surface area contributed by atoms with Gasteiger partial charge >= 0.3 is 0 Å². The molecule has 1 aliphatic carbocycles. The van der Waals surface area contributed by atoms with Gasteiger partial charge in [-0.15, -0.1) is 0 Å². The quantitative estimate of drug-likeness (QED) is 0.587. The lowest BCUT2D eigenvalue weighted by molar-refractivity contribution is 0.148. The average molecular weight is 268 g/mol. The van der Waals surface area contributed by atoms with Crippen molar-refractivity contribution in [3.63, 3.8) is 0 Å². The Hall–Kier alpha value is -0.200. The molecule has 1 aliphatic rings. The molecule has 0 aromatic carbocycles. The molecule has 1 rings (SSSR count). The topological polar surface area (TPSA) is 27.0 Å². The summed E-state index contributed by atoms with van der Waals surface area (Å²) in [7, 11) is 0. The summed E-state index contributed by atoms with van der Waals surface area (Å²) in [6, 6.07) is 2.35. The highest BCUT2D eigenvalue weighted by molar-refractivity contribution is 7.80. The predicted octanol–water partition coefficient (Wildman–Crippen LogP) is 3.74. The van der Waals surface area contributed by atoms with Gasteiger partial charge in [-0.25, -0.2) is 0 Å². The van der Waals surface area contributed by atoms with Crippen LogP contribution in [0.15, 0.2) is 0 Å². The van der Waals surface area contributed by atoms with Crippen LogP contribution in [0.4, 0.5) is 0 Å². The zero-order chi connectivity index (χ0) is 13.4. The molecule has 0 amide bonds. The number of nitrogens with zero attached hydrogens (tertiary/aromatic N) is 2. The lowest BCUT2D eigenvalue weighted by atomic mass is 9.81. The minimum absolute atomic E-state index is 0.132. The summed E-state index contributed by atoms with van der Waals surface area (Å²) in [4.78, 5) is 2.45. The first-order valence-electron chi connectivity index (χ1n) is 7.38. The van der Waals surface area contributed by atoms with Gasteiger partial charge in [0.1, 0.15) is 0 Å². The number of hydrogen-bond acceptors (Lipinski definition) is 3. The average Bonchev–Trinajstić information content (AvgIpc) is 2.64. The van der Waals surface area contributed by atoms with E-state index >= 15 is 0 Å². The Balaban J connectivity index is 2.60. The fraction of sp³-hybridized carbons (Fsp3) is 0.933. The van der Waals surface area contributed by atoms with E-state index in [2.05, 4.69) is 30.5 Å². The van der Waals surface area contributed by atoms with Gasteiger partial charge in [0, 0.05) is 13.1 Å². The van der Waals surface area contributed by atoms with Crippen molar-refractivity contribution in [3.8, 4) is 6.07 Å². The summed E-state index contributed by atoms with van der Waals surface area (Å²) >= 11 is 4.63. The van der Waals surface area contributed by atoms with Crippen molar-refractivity contribution >= 4 is 12.6 Å². The molecule has 0 aromatic rings. The van der Waals surface area contributed by atoms with Gasteiger partial charge in [-0.1, -0.05) is 32.6 Å². The molecule has 1 atom stereocenters. The highest BCUT2D eigenvalue weighted by atomic mass is 32.1. The Morgan fingerprint density at radius 2 is 1.89 bits per heavy atom. The second kappa shape index (κ2) is 8.07. The smallest absolute Gasteiger partial charge is 0.0666 e. The molecule has 0 radical (unpaired) electrons. The normalized spacial score (nSPS) is 21.3. The molecule has 104 valence electrons. The molecule has 0 aromatic heterocycles. The van der Waals surface area contributed by atoms with Crippen LogP contribution < -0.4 is 0 Å². The second-order valence-electron chi connectivity index (χ2n) is 5.93. The third kappa shape index (κ3) is 4.82. The number of hydrogen-bond donors (Lipinski definition) is 1. The SMILES string of the molecule is CCN(CC(C)C#N)CC1(CS)CCCCCC1. The Bertz CT molecular complexity index is 264. The van der Waals surface area contributed by atoms with Crippen molar-refractivity contribution in [2.75, 3.05) is 25.4 Å². The summed E-state index contributed by atoms with van der Waals surface area (Å²) in [5.74, 6) is 1.12. The van der Waals surface area contributed by atoms with E-state index in [0.717, 1.165) is 25.4 Å². The van der Waals surface area contributed by atoms with Crippen LogP contribution >= 0.6 is 12.6 Å². The second-order valence-corrected chi connectivity index (χ2v) is 6.25. The zero-order valence-corrected chi connectivity index (χ0v) is 12.9. The van der Waals surface area contributed by atoms with Crippen molar-refractivity contribution in [2.24, 2.45) is 11.3 Å². The van der Waals surface area contributed by atoms with Crippen LogP contribution in [0.3, 0.4) is 0 Å². The van der Waals surface area contributed by atoms with Crippen LogP contribution in [0.25, 0.3) is 0 Å². The fourth-order valence-electron chi connectivity index (χ4n) is 3.05. The number of rotatable bonds is 6. The Kier molecular flexibility index (Phi) is 7.11. The van der Waals surface area contributed by atoms with E-state index in [1.165, 1.54) is 38.5 Å². The molecule has 0 bridgehead atoms. The number of nitriles is 1. The van der Waals surface area contributed by atoms with Gasteiger partial charge in [0.2, 0.25) is 0 Å². The van der Waals surface area contributed by atoms with Gasteiger partial charge in [-0.3, -0.25) is 0 Å². The molecular weight excluding hydrogens is 240 g/mol. The van der Waals surface area contributed by atoms with Crippen molar-refractivity contribution < 1.29 is 0 Å². The van der Waals surface area contributed by atoms with Crippen LogP contribution in [0.5, 0.6) is 0 Å². The van der Waals surface area contributed by atoms with Gasteiger partial charge in [0.25, 0.3) is 0 Å². The first kappa shape index (κ1) is 15.9. The molecule has 3 heteroatoms. The van der Waals surface area contributed by atoms with Crippen LogP contribution in [0.1, 0.15) is 52.4 Å². The molecule has 1 unspecified atom stereocenters. The minimum atomic E-state index is 0.132. The Morgan fingerprint density at radius 1 is 1.28 bits per heavy atom. The van der Waals surface area contributed by atoms with E-state index in [0.29, 0.717) is 5.41 Å². The maximum Gasteiger partial charge on any atom is 0.0666 e. The van der Waals surface area contributed by atoms with Crippen LogP contribution in [0.2, 0.25) is 0 Å². The Morgan fingerprint density at radius 3 is 2.33 bits per heavy atom. The zero-order valence-electron chi connectivity index (χ0n) is 12.0. The van der Waals surface area contributed by atoms with Gasteiger partial charge in [0.05, 0.1) is 12.0 Å². The Labute approximate surface area is 118 Å². The monoisotopic (exact) mass is 268 g/mol. The predicted molar refractivity (Wildman–Crippen MR) is 80.9 cm³/mol. The standard InChI is InChI=1S/C15H28N2S/c1-3-17(11-14(2)10-16)12-15(13-18)8-6-4-5-7-9-15/h14,18H,3-9,11-13H2,1-2H3. The van der Waals surface area contributed by atoms with E-state index in [4.69, 9.17) is 5.26 Å². The van der Waals surface area contributed by atoms with Crippen molar-refractivity contribution in [1.29, 1.82) is 5.26 Å². The summed E-state index contributed by atoms with van der Waals surface area (Å²) in [5.41, 5.74) is 0.394. The summed E-state index contributed by atoms with van der Waals surface area (Å²) in [5, 5.41) is 8.96. The number of thiol groups is 1. The molecule has 1 fully saturated rings. The van der Waals surface area contributed by atoms with E-state index in [1.807, 2.05) is 6.92 Å². The molecule has 0 saturated heterocycles. The molecule has 0 aliphatic heterocycles. The molecule has 18 heavy (non-hydrogen) atoms. The highest BCUT2D eigenvalue weighted by Crippen LogP contribution is 2.37. The summed E-state index contributed by atoms with van der Waals surface area (Å²) in [6.07, 6.45) is 8.10. The highest BCUT2D eigenvalue weighted by Gasteiger charge is 2.31. The molecule has 2 nitrogen and oxygen atoms in total. The molecule has 1 saturated carbocycles. The van der Waals surface area contributed by atoms with Gasteiger partial charge < -0.3 is 4.90 Å². The van der Waals surface area contributed by atoms with Crippen LogP contribution in [-0.4, -0.2) is 30.3 Å². The minimum Gasteiger partial charge on any atom is -0.302 e. The van der Waals surface area contributed by atoms with Crippen molar-refractivity contribution in [2.45, 2.75) is 52.4 Å². The van der Waals surface area contributed by atoms with E-state index in [9.17, 15) is 0 Å².